The van der Waals surface area contributed by atoms with E-state index in [1.165, 1.54) is 13.2 Å². The minimum absolute atomic E-state index is 0.179. The van der Waals surface area contributed by atoms with Gasteiger partial charge in [0.15, 0.2) is 0 Å². The molecular formula is C14H18FNO2. The first-order valence-electron chi connectivity index (χ1n) is 6.25. The zero-order valence-electron chi connectivity index (χ0n) is 10.6. The molecule has 18 heavy (non-hydrogen) atoms. The van der Waals surface area contributed by atoms with Crippen LogP contribution in [0.1, 0.15) is 24.8 Å². The van der Waals surface area contributed by atoms with Crippen molar-refractivity contribution in [2.24, 2.45) is 0 Å². The third-order valence-corrected chi connectivity index (χ3v) is 3.23. The molecule has 0 aromatic heterocycles. The number of hydrogen-bond donors (Lipinski definition) is 0. The summed E-state index contributed by atoms with van der Waals surface area (Å²) in [5.41, 5.74) is 0.689. The molecule has 4 heteroatoms. The molecule has 2 rings (SSSR count). The van der Waals surface area contributed by atoms with Gasteiger partial charge in [-0.25, -0.2) is 4.39 Å². The minimum Gasteiger partial charge on any atom is -0.469 e. The average Bonchev–Trinajstić information content (AvgIpc) is 3.20. The Morgan fingerprint density at radius 1 is 1.44 bits per heavy atom. The molecular weight excluding hydrogens is 233 g/mol. The molecule has 0 unspecified atom stereocenters. The van der Waals surface area contributed by atoms with Crippen LogP contribution in [0.4, 0.5) is 4.39 Å². The van der Waals surface area contributed by atoms with E-state index in [0.29, 0.717) is 31.1 Å². The maximum atomic E-state index is 13.6. The zero-order valence-corrected chi connectivity index (χ0v) is 10.6. The van der Waals surface area contributed by atoms with Crippen molar-refractivity contribution in [1.82, 2.24) is 4.90 Å². The monoisotopic (exact) mass is 251 g/mol. The van der Waals surface area contributed by atoms with Crippen LogP contribution in [0, 0.1) is 5.82 Å². The number of halogens is 1. The number of esters is 1. The smallest absolute Gasteiger partial charge is 0.306 e. The Labute approximate surface area is 107 Å². The van der Waals surface area contributed by atoms with Crippen LogP contribution < -0.4 is 0 Å². The Bertz CT molecular complexity index is 418. The van der Waals surface area contributed by atoms with Gasteiger partial charge >= 0.3 is 5.97 Å². The number of carbonyl (C=O) groups excluding carboxylic acids is 1. The highest BCUT2D eigenvalue weighted by molar-refractivity contribution is 5.69. The number of rotatable bonds is 6. The summed E-state index contributed by atoms with van der Waals surface area (Å²) in [6, 6.07) is 7.29. The molecule has 0 atom stereocenters. The van der Waals surface area contributed by atoms with Crippen LogP contribution in [0.5, 0.6) is 0 Å². The fraction of sp³-hybridized carbons (Fsp3) is 0.500. The van der Waals surface area contributed by atoms with Crippen molar-refractivity contribution in [3.63, 3.8) is 0 Å². The van der Waals surface area contributed by atoms with Gasteiger partial charge in [-0.2, -0.15) is 0 Å². The molecule has 0 N–H and O–H groups in total. The summed E-state index contributed by atoms with van der Waals surface area (Å²) in [4.78, 5) is 13.3. The van der Waals surface area contributed by atoms with Crippen molar-refractivity contribution in [2.75, 3.05) is 13.7 Å². The molecule has 0 bridgehead atoms. The SMILES string of the molecule is COC(=O)CCN(Cc1ccccc1F)C1CC1. The van der Waals surface area contributed by atoms with Crippen LogP contribution in [-0.4, -0.2) is 30.6 Å². The predicted molar refractivity (Wildman–Crippen MR) is 66.5 cm³/mol. The molecule has 3 nitrogen and oxygen atoms in total. The summed E-state index contributed by atoms with van der Waals surface area (Å²) < 4.78 is 18.2. The summed E-state index contributed by atoms with van der Waals surface area (Å²) >= 11 is 0. The molecule has 1 aromatic carbocycles. The van der Waals surface area contributed by atoms with E-state index in [0.717, 1.165) is 12.8 Å². The van der Waals surface area contributed by atoms with E-state index in [2.05, 4.69) is 9.64 Å². The first-order chi connectivity index (χ1) is 8.70. The van der Waals surface area contributed by atoms with Crippen LogP contribution in [0.15, 0.2) is 24.3 Å². The Morgan fingerprint density at radius 3 is 2.78 bits per heavy atom. The molecule has 1 aliphatic rings. The lowest BCUT2D eigenvalue weighted by Crippen LogP contribution is -2.28. The lowest BCUT2D eigenvalue weighted by molar-refractivity contribution is -0.141. The molecule has 1 saturated carbocycles. The van der Waals surface area contributed by atoms with Crippen molar-refractivity contribution >= 4 is 5.97 Å². The van der Waals surface area contributed by atoms with E-state index in [-0.39, 0.29) is 11.8 Å². The molecule has 0 spiro atoms. The van der Waals surface area contributed by atoms with Crippen LogP contribution in [0.3, 0.4) is 0 Å². The van der Waals surface area contributed by atoms with E-state index >= 15 is 0 Å². The van der Waals surface area contributed by atoms with Crippen LogP contribution in [0.2, 0.25) is 0 Å². The molecule has 0 radical (unpaired) electrons. The highest BCUT2D eigenvalue weighted by Gasteiger charge is 2.29. The van der Waals surface area contributed by atoms with E-state index in [9.17, 15) is 9.18 Å². The molecule has 98 valence electrons. The Hall–Kier alpha value is -1.42. The minimum atomic E-state index is -0.214. The largest absolute Gasteiger partial charge is 0.469 e. The van der Waals surface area contributed by atoms with Crippen LogP contribution in [-0.2, 0) is 16.1 Å². The van der Waals surface area contributed by atoms with Crippen molar-refractivity contribution in [1.29, 1.82) is 0 Å². The zero-order chi connectivity index (χ0) is 13.0. The van der Waals surface area contributed by atoms with Gasteiger partial charge in [-0.05, 0) is 18.9 Å². The number of benzene rings is 1. The topological polar surface area (TPSA) is 29.5 Å². The third kappa shape index (κ3) is 3.53. The fourth-order valence-electron chi connectivity index (χ4n) is 2.01. The van der Waals surface area contributed by atoms with E-state index in [1.807, 2.05) is 6.07 Å². The third-order valence-electron chi connectivity index (χ3n) is 3.23. The first-order valence-corrected chi connectivity index (χ1v) is 6.25. The highest BCUT2D eigenvalue weighted by atomic mass is 19.1. The molecule has 1 aliphatic carbocycles. The van der Waals surface area contributed by atoms with Gasteiger partial charge in [-0.3, -0.25) is 9.69 Å². The normalized spacial score (nSPS) is 14.8. The molecule has 0 saturated heterocycles. The summed E-state index contributed by atoms with van der Waals surface area (Å²) in [6.07, 6.45) is 2.63. The first kappa shape index (κ1) is 13.0. The van der Waals surface area contributed by atoms with Crippen molar-refractivity contribution in [3.8, 4) is 0 Å². The van der Waals surface area contributed by atoms with Gasteiger partial charge in [0, 0.05) is 24.7 Å². The molecule has 0 heterocycles. The molecule has 1 aromatic rings. The number of ether oxygens (including phenoxy) is 1. The van der Waals surface area contributed by atoms with E-state index in [4.69, 9.17) is 0 Å². The number of hydrogen-bond acceptors (Lipinski definition) is 3. The maximum absolute atomic E-state index is 13.6. The van der Waals surface area contributed by atoms with Crippen LogP contribution in [0.25, 0.3) is 0 Å². The van der Waals surface area contributed by atoms with E-state index in [1.54, 1.807) is 12.1 Å². The Morgan fingerprint density at radius 2 is 2.17 bits per heavy atom. The summed E-state index contributed by atoms with van der Waals surface area (Å²) in [5, 5.41) is 0. The van der Waals surface area contributed by atoms with Crippen molar-refractivity contribution < 1.29 is 13.9 Å². The fourth-order valence-corrected chi connectivity index (χ4v) is 2.01. The lowest BCUT2D eigenvalue weighted by atomic mass is 10.2. The van der Waals surface area contributed by atoms with Crippen molar-refractivity contribution in [2.45, 2.75) is 31.8 Å². The molecule has 0 aliphatic heterocycles. The van der Waals surface area contributed by atoms with Gasteiger partial charge in [0.25, 0.3) is 0 Å². The molecule has 1 fully saturated rings. The lowest BCUT2D eigenvalue weighted by Gasteiger charge is -2.21. The van der Waals surface area contributed by atoms with Crippen LogP contribution >= 0.6 is 0 Å². The van der Waals surface area contributed by atoms with Gasteiger partial charge in [-0.15, -0.1) is 0 Å². The molecule has 0 amide bonds. The van der Waals surface area contributed by atoms with Gasteiger partial charge in [0.2, 0.25) is 0 Å². The number of carbonyl (C=O) groups is 1. The summed E-state index contributed by atoms with van der Waals surface area (Å²) in [5.74, 6) is -0.393. The van der Waals surface area contributed by atoms with Gasteiger partial charge < -0.3 is 4.74 Å². The number of nitrogens with zero attached hydrogens (tertiary/aromatic N) is 1. The highest BCUT2D eigenvalue weighted by Crippen LogP contribution is 2.28. The van der Waals surface area contributed by atoms with Gasteiger partial charge in [-0.1, -0.05) is 18.2 Å². The average molecular weight is 251 g/mol. The predicted octanol–water partition coefficient (Wildman–Crippen LogP) is 2.35. The Balaban J connectivity index is 1.94. The maximum Gasteiger partial charge on any atom is 0.306 e. The van der Waals surface area contributed by atoms with E-state index < -0.39 is 0 Å². The summed E-state index contributed by atoms with van der Waals surface area (Å²) in [6.45, 7) is 1.19. The second kappa shape index (κ2) is 5.96. The standard InChI is InChI=1S/C14H18FNO2/c1-18-14(17)8-9-16(12-6-7-12)10-11-4-2-3-5-13(11)15/h2-5,12H,6-10H2,1H3. The van der Waals surface area contributed by atoms with Gasteiger partial charge in [0.05, 0.1) is 13.5 Å². The van der Waals surface area contributed by atoms with Crippen molar-refractivity contribution in [3.05, 3.63) is 35.6 Å². The van der Waals surface area contributed by atoms with Gasteiger partial charge in [0.1, 0.15) is 5.82 Å². The summed E-state index contributed by atoms with van der Waals surface area (Å²) in [7, 11) is 1.39. The quantitative estimate of drug-likeness (QED) is 0.727. The second-order valence-electron chi connectivity index (χ2n) is 4.62. The Kier molecular flexibility index (Phi) is 4.31. The second-order valence-corrected chi connectivity index (χ2v) is 4.62. The number of methoxy groups -OCH3 is 1.